The van der Waals surface area contributed by atoms with Crippen molar-refractivity contribution in [2.75, 3.05) is 0 Å². The first kappa shape index (κ1) is 18.8. The number of carbonyl (C=O) groups is 1. The van der Waals surface area contributed by atoms with E-state index in [0.717, 1.165) is 29.0 Å². The van der Waals surface area contributed by atoms with E-state index in [1.165, 1.54) is 47.4 Å². The quantitative estimate of drug-likeness (QED) is 0.623. The summed E-state index contributed by atoms with van der Waals surface area (Å²) in [4.78, 5) is 17.9. The Morgan fingerprint density at radius 2 is 1.82 bits per heavy atom. The van der Waals surface area contributed by atoms with E-state index in [4.69, 9.17) is 0 Å². The predicted octanol–water partition coefficient (Wildman–Crippen LogP) is 5.63. The molecule has 1 aliphatic carbocycles. The van der Waals surface area contributed by atoms with Crippen molar-refractivity contribution in [3.05, 3.63) is 75.5 Å². The second-order valence-electron chi connectivity index (χ2n) is 7.37. The number of hydrogen-bond acceptors (Lipinski definition) is 3. The Morgan fingerprint density at radius 1 is 1.11 bits per heavy atom. The number of halogens is 1. The van der Waals surface area contributed by atoms with Gasteiger partial charge in [-0.1, -0.05) is 18.2 Å². The Kier molecular flexibility index (Phi) is 5.27. The molecule has 1 heterocycles. The van der Waals surface area contributed by atoms with Gasteiger partial charge in [-0.3, -0.25) is 4.79 Å². The number of carbonyl (C=O) groups excluding carboxylic acids is 1. The van der Waals surface area contributed by atoms with Gasteiger partial charge in [0.1, 0.15) is 15.7 Å². The van der Waals surface area contributed by atoms with Crippen molar-refractivity contribution >= 4 is 17.2 Å². The summed E-state index contributed by atoms with van der Waals surface area (Å²) < 4.78 is 13.1. The summed E-state index contributed by atoms with van der Waals surface area (Å²) in [6, 6.07) is 12.7. The Hall–Kier alpha value is -2.53. The highest BCUT2D eigenvalue weighted by Gasteiger charge is 2.19. The average molecular weight is 395 g/mol. The number of rotatable bonds is 4. The Balaban J connectivity index is 1.51. The van der Waals surface area contributed by atoms with Gasteiger partial charge in [0.25, 0.3) is 5.91 Å². The van der Waals surface area contributed by atoms with Crippen LogP contribution in [0.5, 0.6) is 0 Å². The molecule has 1 N–H and O–H groups in total. The van der Waals surface area contributed by atoms with E-state index in [1.54, 1.807) is 12.1 Å². The number of thiazole rings is 1. The standard InChI is InChI=1S/C23H23FN2OS/c1-14(18-8-7-16-5-3-4-6-19(16)13-18)25-22(27)21-15(2)26-23(28-21)17-9-11-20(24)12-10-17/h7-14H,3-6H2,1-2H3,(H,25,27). The van der Waals surface area contributed by atoms with Gasteiger partial charge in [0.05, 0.1) is 11.7 Å². The van der Waals surface area contributed by atoms with Crippen LogP contribution in [0.15, 0.2) is 42.5 Å². The van der Waals surface area contributed by atoms with Crippen molar-refractivity contribution in [1.29, 1.82) is 0 Å². The molecule has 0 saturated carbocycles. The van der Waals surface area contributed by atoms with Gasteiger partial charge in [-0.2, -0.15) is 0 Å². The molecule has 1 amide bonds. The summed E-state index contributed by atoms with van der Waals surface area (Å²) in [6.07, 6.45) is 4.78. The molecule has 0 spiro atoms. The SMILES string of the molecule is Cc1nc(-c2ccc(F)cc2)sc1C(=O)NC(C)c1ccc2c(c1)CCCC2. The summed E-state index contributed by atoms with van der Waals surface area (Å²) in [6.45, 7) is 3.85. The lowest BCUT2D eigenvalue weighted by Gasteiger charge is -2.20. The van der Waals surface area contributed by atoms with Crippen LogP contribution >= 0.6 is 11.3 Å². The number of aryl methyl sites for hydroxylation is 3. The zero-order chi connectivity index (χ0) is 19.7. The lowest BCUT2D eigenvalue weighted by molar-refractivity contribution is 0.0943. The molecule has 1 aromatic heterocycles. The van der Waals surface area contributed by atoms with Crippen molar-refractivity contribution < 1.29 is 9.18 Å². The van der Waals surface area contributed by atoms with E-state index < -0.39 is 0 Å². The molecule has 0 aliphatic heterocycles. The fourth-order valence-corrected chi connectivity index (χ4v) is 4.67. The van der Waals surface area contributed by atoms with Crippen LogP contribution in [-0.2, 0) is 12.8 Å². The summed E-state index contributed by atoms with van der Waals surface area (Å²) in [5.74, 6) is -0.401. The molecule has 1 atom stereocenters. The Bertz CT molecular complexity index is 1010. The van der Waals surface area contributed by atoms with Crippen LogP contribution in [0.3, 0.4) is 0 Å². The number of hydrogen-bond donors (Lipinski definition) is 1. The van der Waals surface area contributed by atoms with Crippen molar-refractivity contribution in [1.82, 2.24) is 10.3 Å². The van der Waals surface area contributed by atoms with Crippen LogP contribution in [0.4, 0.5) is 4.39 Å². The van der Waals surface area contributed by atoms with Gasteiger partial charge in [0, 0.05) is 5.56 Å². The highest BCUT2D eigenvalue weighted by Crippen LogP contribution is 2.29. The molecule has 2 aromatic carbocycles. The summed E-state index contributed by atoms with van der Waals surface area (Å²) in [5.41, 5.74) is 5.50. The summed E-state index contributed by atoms with van der Waals surface area (Å²) >= 11 is 1.34. The molecule has 144 valence electrons. The molecule has 28 heavy (non-hydrogen) atoms. The number of aromatic nitrogens is 1. The lowest BCUT2D eigenvalue weighted by atomic mass is 9.89. The molecule has 0 bridgehead atoms. The fourth-order valence-electron chi connectivity index (χ4n) is 3.69. The molecule has 3 nitrogen and oxygen atoms in total. The molecule has 3 aromatic rings. The highest BCUT2D eigenvalue weighted by molar-refractivity contribution is 7.17. The molecule has 4 rings (SSSR count). The first-order valence-electron chi connectivity index (χ1n) is 9.67. The monoisotopic (exact) mass is 394 g/mol. The van der Waals surface area contributed by atoms with Gasteiger partial charge in [0.2, 0.25) is 0 Å². The maximum absolute atomic E-state index is 13.1. The number of benzene rings is 2. The van der Waals surface area contributed by atoms with Gasteiger partial charge in [-0.05, 0) is 80.5 Å². The van der Waals surface area contributed by atoms with E-state index in [1.807, 2.05) is 13.8 Å². The zero-order valence-corrected chi connectivity index (χ0v) is 16.9. The van der Waals surface area contributed by atoms with Gasteiger partial charge in [-0.25, -0.2) is 9.37 Å². The minimum atomic E-state index is -0.283. The lowest BCUT2D eigenvalue weighted by Crippen LogP contribution is -2.26. The van der Waals surface area contributed by atoms with Gasteiger partial charge in [0.15, 0.2) is 0 Å². The first-order chi connectivity index (χ1) is 13.5. The first-order valence-corrected chi connectivity index (χ1v) is 10.5. The van der Waals surface area contributed by atoms with Crippen LogP contribution in [-0.4, -0.2) is 10.9 Å². The Labute approximate surface area is 168 Å². The maximum atomic E-state index is 13.1. The van der Waals surface area contributed by atoms with Crippen LogP contribution < -0.4 is 5.32 Å². The van der Waals surface area contributed by atoms with E-state index in [9.17, 15) is 9.18 Å². The molecule has 1 unspecified atom stereocenters. The van der Waals surface area contributed by atoms with Gasteiger partial charge >= 0.3 is 0 Å². The molecule has 1 aliphatic rings. The van der Waals surface area contributed by atoms with Gasteiger partial charge in [-0.15, -0.1) is 11.3 Å². The van der Waals surface area contributed by atoms with Crippen LogP contribution in [0.25, 0.3) is 10.6 Å². The third kappa shape index (κ3) is 3.85. The van der Waals surface area contributed by atoms with Crippen LogP contribution in [0, 0.1) is 12.7 Å². The molecule has 5 heteroatoms. The number of nitrogens with zero attached hydrogens (tertiary/aromatic N) is 1. The van der Waals surface area contributed by atoms with Crippen molar-refractivity contribution in [2.24, 2.45) is 0 Å². The minimum absolute atomic E-state index is 0.0736. The molecular formula is C23H23FN2OS. The smallest absolute Gasteiger partial charge is 0.263 e. The fraction of sp³-hybridized carbons (Fsp3) is 0.304. The number of fused-ring (bicyclic) bond motifs is 1. The third-order valence-electron chi connectivity index (χ3n) is 5.31. The predicted molar refractivity (Wildman–Crippen MR) is 111 cm³/mol. The van der Waals surface area contributed by atoms with Crippen molar-refractivity contribution in [2.45, 2.75) is 45.6 Å². The second kappa shape index (κ2) is 7.84. The minimum Gasteiger partial charge on any atom is -0.345 e. The largest absolute Gasteiger partial charge is 0.345 e. The third-order valence-corrected chi connectivity index (χ3v) is 6.52. The Morgan fingerprint density at radius 3 is 2.57 bits per heavy atom. The molecule has 0 radical (unpaired) electrons. The van der Waals surface area contributed by atoms with Crippen LogP contribution in [0.1, 0.15) is 57.9 Å². The van der Waals surface area contributed by atoms with Crippen molar-refractivity contribution in [3.8, 4) is 10.6 Å². The molecule has 0 fully saturated rings. The van der Waals surface area contributed by atoms with E-state index >= 15 is 0 Å². The van der Waals surface area contributed by atoms with E-state index in [-0.39, 0.29) is 17.8 Å². The molecular weight excluding hydrogens is 371 g/mol. The number of nitrogens with one attached hydrogen (secondary N) is 1. The van der Waals surface area contributed by atoms with Crippen molar-refractivity contribution in [3.63, 3.8) is 0 Å². The van der Waals surface area contributed by atoms with Crippen LogP contribution in [0.2, 0.25) is 0 Å². The normalized spacial score (nSPS) is 14.4. The summed E-state index contributed by atoms with van der Waals surface area (Å²) in [5, 5.41) is 3.83. The average Bonchev–Trinajstić information content (AvgIpc) is 3.10. The van der Waals surface area contributed by atoms with E-state index in [2.05, 4.69) is 28.5 Å². The summed E-state index contributed by atoms with van der Waals surface area (Å²) in [7, 11) is 0. The zero-order valence-electron chi connectivity index (χ0n) is 16.1. The second-order valence-corrected chi connectivity index (χ2v) is 8.37. The number of amides is 1. The van der Waals surface area contributed by atoms with Gasteiger partial charge < -0.3 is 5.32 Å². The maximum Gasteiger partial charge on any atom is 0.263 e. The molecule has 0 saturated heterocycles. The highest BCUT2D eigenvalue weighted by atomic mass is 32.1. The topological polar surface area (TPSA) is 42.0 Å². The van der Waals surface area contributed by atoms with E-state index in [0.29, 0.717) is 10.6 Å².